The van der Waals surface area contributed by atoms with Crippen LogP contribution in [-0.2, 0) is 22.6 Å². The van der Waals surface area contributed by atoms with Crippen molar-refractivity contribution in [1.82, 2.24) is 15.5 Å². The Kier molecular flexibility index (Phi) is 8.02. The van der Waals surface area contributed by atoms with E-state index in [1.807, 2.05) is 23.6 Å². The molecule has 1 fully saturated rings. The lowest BCUT2D eigenvalue weighted by Crippen LogP contribution is -2.35. The molecule has 1 saturated heterocycles. The third-order valence-corrected chi connectivity index (χ3v) is 5.47. The first kappa shape index (κ1) is 20.5. The normalized spacial score (nSPS) is 14.6. The number of hydrogen-bond acceptors (Lipinski definition) is 5. The van der Waals surface area contributed by atoms with E-state index < -0.39 is 0 Å². The number of nitrogens with one attached hydrogen (secondary N) is 2. The first-order valence-electron chi connectivity index (χ1n) is 9.67. The van der Waals surface area contributed by atoms with Crippen LogP contribution in [0.1, 0.15) is 33.6 Å². The van der Waals surface area contributed by atoms with Gasteiger partial charge in [-0.05, 0) is 29.0 Å². The molecule has 0 aliphatic carbocycles. The summed E-state index contributed by atoms with van der Waals surface area (Å²) in [7, 11) is 0. The van der Waals surface area contributed by atoms with Gasteiger partial charge in [0, 0.05) is 39.1 Å². The van der Waals surface area contributed by atoms with Crippen LogP contribution in [0.5, 0.6) is 0 Å². The summed E-state index contributed by atoms with van der Waals surface area (Å²) in [5, 5.41) is 7.67. The molecule has 0 unspecified atom stereocenters. The molecule has 3 rings (SSSR count). The molecule has 2 heterocycles. The maximum absolute atomic E-state index is 12.0. The smallest absolute Gasteiger partial charge is 0.261 e. The van der Waals surface area contributed by atoms with Crippen molar-refractivity contribution in [2.45, 2.75) is 25.9 Å². The van der Waals surface area contributed by atoms with Crippen LogP contribution in [0.3, 0.4) is 0 Å². The van der Waals surface area contributed by atoms with Crippen LogP contribution in [-0.4, -0.2) is 49.6 Å². The van der Waals surface area contributed by atoms with Crippen LogP contribution in [0.4, 0.5) is 0 Å². The minimum atomic E-state index is -0.0764. The van der Waals surface area contributed by atoms with Crippen molar-refractivity contribution in [2.24, 2.45) is 0 Å². The van der Waals surface area contributed by atoms with Crippen LogP contribution in [0.2, 0.25) is 0 Å². The molecule has 0 spiro atoms. The van der Waals surface area contributed by atoms with Gasteiger partial charge in [-0.25, -0.2) is 0 Å². The minimum Gasteiger partial charge on any atom is -0.379 e. The summed E-state index contributed by atoms with van der Waals surface area (Å²) in [5.41, 5.74) is 2.36. The van der Waals surface area contributed by atoms with Crippen molar-refractivity contribution in [1.29, 1.82) is 0 Å². The van der Waals surface area contributed by atoms with Crippen LogP contribution in [0, 0.1) is 0 Å². The summed E-state index contributed by atoms with van der Waals surface area (Å²) < 4.78 is 5.39. The summed E-state index contributed by atoms with van der Waals surface area (Å²) in [6, 6.07) is 12.0. The van der Waals surface area contributed by atoms with Gasteiger partial charge >= 0.3 is 0 Å². The highest BCUT2D eigenvalue weighted by molar-refractivity contribution is 7.12. The second-order valence-electron chi connectivity index (χ2n) is 6.82. The highest BCUT2D eigenvalue weighted by Crippen LogP contribution is 2.10. The fraction of sp³-hybridized carbons (Fsp3) is 0.429. The Balaban J connectivity index is 1.33. The standard InChI is InChI=1S/C21H27N3O3S/c25-20(7-2-8-22-21(26)19-6-3-13-28-19)23-15-17-4-1-5-18(14-17)16-24-9-11-27-12-10-24/h1,3-6,13-14H,2,7-12,15-16H2,(H,22,26)(H,23,25). The number of carbonyl (C=O) groups is 2. The van der Waals surface area contributed by atoms with Gasteiger partial charge in [-0.2, -0.15) is 0 Å². The predicted molar refractivity (Wildman–Crippen MR) is 110 cm³/mol. The zero-order valence-corrected chi connectivity index (χ0v) is 16.8. The van der Waals surface area contributed by atoms with E-state index in [1.54, 1.807) is 6.07 Å². The van der Waals surface area contributed by atoms with E-state index in [1.165, 1.54) is 16.9 Å². The first-order valence-corrected chi connectivity index (χ1v) is 10.5. The molecule has 1 aromatic heterocycles. The van der Waals surface area contributed by atoms with Gasteiger partial charge < -0.3 is 15.4 Å². The third kappa shape index (κ3) is 6.74. The Hall–Kier alpha value is -2.22. The Morgan fingerprint density at radius 1 is 1.07 bits per heavy atom. The largest absolute Gasteiger partial charge is 0.379 e. The highest BCUT2D eigenvalue weighted by atomic mass is 32.1. The molecule has 0 saturated carbocycles. The molecule has 1 aliphatic heterocycles. The van der Waals surface area contributed by atoms with Crippen molar-refractivity contribution in [3.05, 3.63) is 57.8 Å². The van der Waals surface area contributed by atoms with Gasteiger partial charge in [0.25, 0.3) is 5.91 Å². The van der Waals surface area contributed by atoms with E-state index in [4.69, 9.17) is 4.74 Å². The molecule has 150 valence electrons. The molecule has 0 radical (unpaired) electrons. The zero-order valence-electron chi connectivity index (χ0n) is 16.0. The van der Waals surface area contributed by atoms with Gasteiger partial charge in [0.15, 0.2) is 0 Å². The lowest BCUT2D eigenvalue weighted by atomic mass is 10.1. The van der Waals surface area contributed by atoms with E-state index in [2.05, 4.69) is 27.7 Å². The number of ether oxygens (including phenoxy) is 1. The minimum absolute atomic E-state index is 0.00366. The van der Waals surface area contributed by atoms with E-state index >= 15 is 0 Å². The van der Waals surface area contributed by atoms with Crippen LogP contribution in [0.25, 0.3) is 0 Å². The number of nitrogens with zero attached hydrogens (tertiary/aromatic N) is 1. The molecule has 0 atom stereocenters. The molecular formula is C21H27N3O3S. The van der Waals surface area contributed by atoms with Gasteiger partial charge in [0.1, 0.15) is 0 Å². The van der Waals surface area contributed by atoms with E-state index in [0.29, 0.717) is 30.8 Å². The number of carbonyl (C=O) groups excluding carboxylic acids is 2. The van der Waals surface area contributed by atoms with Gasteiger partial charge in [-0.15, -0.1) is 11.3 Å². The quantitative estimate of drug-likeness (QED) is 0.633. The summed E-state index contributed by atoms with van der Waals surface area (Å²) in [6.45, 7) is 5.45. The summed E-state index contributed by atoms with van der Waals surface area (Å²) in [5.74, 6) is -0.0727. The molecular weight excluding hydrogens is 374 g/mol. The number of thiophene rings is 1. The van der Waals surface area contributed by atoms with Gasteiger partial charge in [-0.1, -0.05) is 30.3 Å². The lowest BCUT2D eigenvalue weighted by Gasteiger charge is -2.26. The average Bonchev–Trinajstić information content (AvgIpc) is 3.26. The van der Waals surface area contributed by atoms with Crippen LogP contribution >= 0.6 is 11.3 Å². The molecule has 2 aromatic rings. The number of amides is 2. The van der Waals surface area contributed by atoms with Crippen molar-refractivity contribution in [2.75, 3.05) is 32.8 Å². The Morgan fingerprint density at radius 2 is 1.89 bits per heavy atom. The van der Waals surface area contributed by atoms with Gasteiger partial charge in [0.2, 0.25) is 5.91 Å². The maximum Gasteiger partial charge on any atom is 0.261 e. The molecule has 7 heteroatoms. The molecule has 0 bridgehead atoms. The average molecular weight is 402 g/mol. The van der Waals surface area contributed by atoms with E-state index in [0.717, 1.165) is 38.4 Å². The number of rotatable bonds is 9. The Bertz CT molecular complexity index is 758. The summed E-state index contributed by atoms with van der Waals surface area (Å²) >= 11 is 1.41. The predicted octanol–water partition coefficient (Wildman–Crippen LogP) is 2.41. The van der Waals surface area contributed by atoms with Crippen LogP contribution in [0.15, 0.2) is 41.8 Å². The van der Waals surface area contributed by atoms with Crippen molar-refractivity contribution >= 4 is 23.2 Å². The van der Waals surface area contributed by atoms with Crippen LogP contribution < -0.4 is 10.6 Å². The molecule has 2 amide bonds. The number of morpholine rings is 1. The Labute approximate surface area is 169 Å². The number of benzene rings is 1. The molecule has 1 aliphatic rings. The van der Waals surface area contributed by atoms with E-state index in [-0.39, 0.29) is 11.8 Å². The van der Waals surface area contributed by atoms with Crippen molar-refractivity contribution in [3.63, 3.8) is 0 Å². The Morgan fingerprint density at radius 3 is 2.68 bits per heavy atom. The fourth-order valence-electron chi connectivity index (χ4n) is 3.09. The summed E-state index contributed by atoms with van der Waals surface area (Å²) in [4.78, 5) is 26.9. The monoisotopic (exact) mass is 401 g/mol. The fourth-order valence-corrected chi connectivity index (χ4v) is 3.73. The second kappa shape index (κ2) is 10.9. The summed E-state index contributed by atoms with van der Waals surface area (Å²) in [6.07, 6.45) is 1.03. The van der Waals surface area contributed by atoms with Crippen molar-refractivity contribution in [3.8, 4) is 0 Å². The third-order valence-electron chi connectivity index (χ3n) is 4.60. The van der Waals surface area contributed by atoms with Gasteiger partial charge in [0.05, 0.1) is 18.1 Å². The molecule has 6 nitrogen and oxygen atoms in total. The first-order chi connectivity index (χ1) is 13.7. The molecule has 2 N–H and O–H groups in total. The highest BCUT2D eigenvalue weighted by Gasteiger charge is 2.11. The number of hydrogen-bond donors (Lipinski definition) is 2. The molecule has 28 heavy (non-hydrogen) atoms. The van der Waals surface area contributed by atoms with E-state index in [9.17, 15) is 9.59 Å². The second-order valence-corrected chi connectivity index (χ2v) is 7.77. The SMILES string of the molecule is O=C(CCCNC(=O)c1cccs1)NCc1cccc(CN2CCOCC2)c1. The topological polar surface area (TPSA) is 70.7 Å². The maximum atomic E-state index is 12.0. The van der Waals surface area contributed by atoms with Crippen molar-refractivity contribution < 1.29 is 14.3 Å². The zero-order chi connectivity index (χ0) is 19.6. The lowest BCUT2D eigenvalue weighted by molar-refractivity contribution is -0.121. The van der Waals surface area contributed by atoms with Gasteiger partial charge in [-0.3, -0.25) is 14.5 Å². The molecule has 1 aromatic carbocycles.